The van der Waals surface area contributed by atoms with Crippen molar-refractivity contribution in [2.45, 2.75) is 19.1 Å². The second-order valence-electron chi connectivity index (χ2n) is 3.01. The highest BCUT2D eigenvalue weighted by molar-refractivity contribution is 6.18. The van der Waals surface area contributed by atoms with Crippen molar-refractivity contribution in [2.24, 2.45) is 0 Å². The lowest BCUT2D eigenvalue weighted by molar-refractivity contribution is -0.0243. The van der Waals surface area contributed by atoms with Crippen LogP contribution in [0.1, 0.15) is 18.6 Å². The average Bonchev–Trinajstić information content (AvgIpc) is 2.26. The van der Waals surface area contributed by atoms with Gasteiger partial charge in [0.15, 0.2) is 0 Å². The molecular formula is C11H15ClO2. The maximum absolute atomic E-state index is 9.65. The van der Waals surface area contributed by atoms with Gasteiger partial charge in [-0.1, -0.05) is 30.3 Å². The number of aliphatic hydroxyl groups is 1. The Morgan fingerprint density at radius 2 is 2.00 bits per heavy atom. The molecule has 0 aromatic heterocycles. The first-order valence-electron chi connectivity index (χ1n) is 4.70. The van der Waals surface area contributed by atoms with Crippen molar-refractivity contribution in [1.29, 1.82) is 0 Å². The van der Waals surface area contributed by atoms with Crippen molar-refractivity contribution >= 4 is 11.6 Å². The summed E-state index contributed by atoms with van der Waals surface area (Å²) in [6.07, 6.45) is -0.974. The molecule has 14 heavy (non-hydrogen) atoms. The molecule has 0 amide bonds. The van der Waals surface area contributed by atoms with Crippen molar-refractivity contribution in [3.05, 3.63) is 35.9 Å². The van der Waals surface area contributed by atoms with Gasteiger partial charge in [-0.15, -0.1) is 11.6 Å². The predicted molar refractivity (Wildman–Crippen MR) is 57.5 cm³/mol. The summed E-state index contributed by atoms with van der Waals surface area (Å²) in [4.78, 5) is 0. The molecule has 0 aliphatic heterocycles. The van der Waals surface area contributed by atoms with Crippen LogP contribution in [0, 0.1) is 0 Å². The van der Waals surface area contributed by atoms with E-state index in [0.29, 0.717) is 6.61 Å². The van der Waals surface area contributed by atoms with Gasteiger partial charge in [-0.2, -0.15) is 0 Å². The van der Waals surface area contributed by atoms with E-state index < -0.39 is 6.10 Å². The van der Waals surface area contributed by atoms with Crippen LogP contribution < -0.4 is 0 Å². The number of rotatable bonds is 5. The molecule has 2 nitrogen and oxygen atoms in total. The van der Waals surface area contributed by atoms with Gasteiger partial charge in [0, 0.05) is 6.61 Å². The summed E-state index contributed by atoms with van der Waals surface area (Å²) in [5.74, 6) is 0.180. The van der Waals surface area contributed by atoms with Crippen LogP contribution in [0.2, 0.25) is 0 Å². The Labute approximate surface area is 89.5 Å². The molecule has 0 bridgehead atoms. The minimum atomic E-state index is -0.654. The van der Waals surface area contributed by atoms with E-state index in [1.165, 1.54) is 0 Å². The van der Waals surface area contributed by atoms with Crippen LogP contribution >= 0.6 is 11.6 Å². The van der Waals surface area contributed by atoms with Gasteiger partial charge < -0.3 is 9.84 Å². The first-order chi connectivity index (χ1) is 6.79. The number of alkyl halides is 1. The molecule has 0 saturated carbocycles. The van der Waals surface area contributed by atoms with Gasteiger partial charge in [-0.05, 0) is 12.5 Å². The first-order valence-corrected chi connectivity index (χ1v) is 5.23. The van der Waals surface area contributed by atoms with E-state index in [4.69, 9.17) is 16.3 Å². The van der Waals surface area contributed by atoms with E-state index in [2.05, 4.69) is 0 Å². The SMILES string of the molecule is CCOC(c1ccccc1)[C@H](O)CCl. The Balaban J connectivity index is 2.77. The Bertz CT molecular complexity index is 251. The molecule has 78 valence electrons. The summed E-state index contributed by atoms with van der Waals surface area (Å²) in [5, 5.41) is 9.65. The van der Waals surface area contributed by atoms with Gasteiger partial charge in [0.1, 0.15) is 6.10 Å². The standard InChI is InChI=1S/C11H15ClO2/c1-2-14-11(10(13)8-12)9-6-4-3-5-7-9/h3-7,10-11,13H,2,8H2,1H3/t10-,11?/m1/s1. The second kappa shape index (κ2) is 6.02. The lowest BCUT2D eigenvalue weighted by atomic mass is 10.1. The third-order valence-corrected chi connectivity index (χ3v) is 2.30. The summed E-state index contributed by atoms with van der Waals surface area (Å²) in [6, 6.07) is 9.62. The number of ether oxygens (including phenoxy) is 1. The van der Waals surface area contributed by atoms with Crippen molar-refractivity contribution in [2.75, 3.05) is 12.5 Å². The number of hydrogen-bond acceptors (Lipinski definition) is 2. The van der Waals surface area contributed by atoms with E-state index in [0.717, 1.165) is 5.56 Å². The van der Waals surface area contributed by atoms with Gasteiger partial charge in [-0.25, -0.2) is 0 Å². The number of benzene rings is 1. The van der Waals surface area contributed by atoms with Crippen LogP contribution in [-0.4, -0.2) is 23.7 Å². The summed E-state index contributed by atoms with van der Waals surface area (Å²) in [5.41, 5.74) is 0.961. The maximum Gasteiger partial charge on any atom is 0.109 e. The highest BCUT2D eigenvalue weighted by Crippen LogP contribution is 2.21. The van der Waals surface area contributed by atoms with Crippen molar-refractivity contribution in [1.82, 2.24) is 0 Å². The van der Waals surface area contributed by atoms with Crippen LogP contribution in [0.25, 0.3) is 0 Å². The number of hydrogen-bond donors (Lipinski definition) is 1. The lowest BCUT2D eigenvalue weighted by Gasteiger charge is -2.21. The van der Waals surface area contributed by atoms with Crippen LogP contribution in [0.3, 0.4) is 0 Å². The zero-order chi connectivity index (χ0) is 10.4. The van der Waals surface area contributed by atoms with Crippen molar-refractivity contribution in [3.8, 4) is 0 Å². The molecule has 0 aliphatic carbocycles. The van der Waals surface area contributed by atoms with Crippen LogP contribution in [-0.2, 0) is 4.74 Å². The topological polar surface area (TPSA) is 29.5 Å². The summed E-state index contributed by atoms with van der Waals surface area (Å²) in [7, 11) is 0. The Kier molecular flexibility index (Phi) is 4.94. The Morgan fingerprint density at radius 1 is 1.36 bits per heavy atom. The molecule has 1 aromatic rings. The molecule has 0 aliphatic rings. The molecule has 0 fully saturated rings. The van der Waals surface area contributed by atoms with E-state index in [1.54, 1.807) is 0 Å². The van der Waals surface area contributed by atoms with Crippen LogP contribution in [0.4, 0.5) is 0 Å². The third kappa shape index (κ3) is 2.98. The average molecular weight is 215 g/mol. The van der Waals surface area contributed by atoms with E-state index in [9.17, 15) is 5.11 Å². The third-order valence-electron chi connectivity index (χ3n) is 1.98. The molecule has 3 heteroatoms. The minimum Gasteiger partial charge on any atom is -0.389 e. The fourth-order valence-electron chi connectivity index (χ4n) is 1.33. The summed E-state index contributed by atoms with van der Waals surface area (Å²) >= 11 is 5.60. The smallest absolute Gasteiger partial charge is 0.109 e. The Morgan fingerprint density at radius 3 is 2.50 bits per heavy atom. The zero-order valence-electron chi connectivity index (χ0n) is 8.19. The molecular weight excluding hydrogens is 200 g/mol. The van der Waals surface area contributed by atoms with Gasteiger partial charge in [-0.3, -0.25) is 0 Å². The van der Waals surface area contributed by atoms with Crippen LogP contribution in [0.5, 0.6) is 0 Å². The molecule has 0 radical (unpaired) electrons. The fourth-order valence-corrected chi connectivity index (χ4v) is 1.49. The molecule has 1 aromatic carbocycles. The predicted octanol–water partition coefficient (Wildman–Crippen LogP) is 2.36. The van der Waals surface area contributed by atoms with Gasteiger partial charge in [0.25, 0.3) is 0 Å². The van der Waals surface area contributed by atoms with Gasteiger partial charge in [0.05, 0.1) is 12.0 Å². The summed E-state index contributed by atoms with van der Waals surface area (Å²) < 4.78 is 5.45. The largest absolute Gasteiger partial charge is 0.389 e. The number of halogens is 1. The molecule has 0 spiro atoms. The molecule has 0 heterocycles. The fraction of sp³-hybridized carbons (Fsp3) is 0.455. The molecule has 1 unspecified atom stereocenters. The van der Waals surface area contributed by atoms with E-state index in [1.807, 2.05) is 37.3 Å². The second-order valence-corrected chi connectivity index (χ2v) is 3.32. The van der Waals surface area contributed by atoms with Crippen LogP contribution in [0.15, 0.2) is 30.3 Å². The lowest BCUT2D eigenvalue weighted by Crippen LogP contribution is -2.22. The number of aliphatic hydroxyl groups excluding tert-OH is 1. The quantitative estimate of drug-likeness (QED) is 0.763. The minimum absolute atomic E-state index is 0.180. The monoisotopic (exact) mass is 214 g/mol. The highest BCUT2D eigenvalue weighted by atomic mass is 35.5. The summed E-state index contributed by atoms with van der Waals surface area (Å²) in [6.45, 7) is 2.46. The van der Waals surface area contributed by atoms with Gasteiger partial charge >= 0.3 is 0 Å². The molecule has 1 N–H and O–H groups in total. The van der Waals surface area contributed by atoms with Crippen molar-refractivity contribution in [3.63, 3.8) is 0 Å². The Hall–Kier alpha value is -0.570. The highest BCUT2D eigenvalue weighted by Gasteiger charge is 2.19. The van der Waals surface area contributed by atoms with Crippen molar-refractivity contribution < 1.29 is 9.84 Å². The van der Waals surface area contributed by atoms with E-state index in [-0.39, 0.29) is 12.0 Å². The van der Waals surface area contributed by atoms with Gasteiger partial charge in [0.2, 0.25) is 0 Å². The first kappa shape index (κ1) is 11.5. The molecule has 2 atom stereocenters. The normalized spacial score (nSPS) is 15.1. The zero-order valence-corrected chi connectivity index (χ0v) is 8.95. The maximum atomic E-state index is 9.65. The van der Waals surface area contributed by atoms with E-state index >= 15 is 0 Å². The molecule has 1 rings (SSSR count). The molecule has 0 saturated heterocycles.